The van der Waals surface area contributed by atoms with E-state index in [0.29, 0.717) is 6.04 Å². The molecule has 0 radical (unpaired) electrons. The maximum atomic E-state index is 5.32. The van der Waals surface area contributed by atoms with E-state index >= 15 is 0 Å². The van der Waals surface area contributed by atoms with Crippen molar-refractivity contribution in [2.45, 2.75) is 18.9 Å². The first-order chi connectivity index (χ1) is 7.81. The fourth-order valence-corrected chi connectivity index (χ4v) is 1.75. The quantitative estimate of drug-likeness (QED) is 0.765. The van der Waals surface area contributed by atoms with Crippen LogP contribution in [0.5, 0.6) is 5.75 Å². The smallest absolute Gasteiger partial charge is 0.122 e. The van der Waals surface area contributed by atoms with Crippen molar-refractivity contribution < 1.29 is 9.47 Å². The molecule has 0 bridgehead atoms. The Balaban J connectivity index is 2.52. The van der Waals surface area contributed by atoms with Crippen LogP contribution >= 0.6 is 0 Å². The Morgan fingerprint density at radius 1 is 1.25 bits per heavy atom. The second kappa shape index (κ2) is 7.25. The maximum Gasteiger partial charge on any atom is 0.122 e. The normalized spacial score (nSPS) is 12.4. The summed E-state index contributed by atoms with van der Waals surface area (Å²) in [6.07, 6.45) is 2.05. The van der Waals surface area contributed by atoms with Gasteiger partial charge in [-0.2, -0.15) is 0 Å². The monoisotopic (exact) mass is 223 g/mol. The molecule has 0 aliphatic carbocycles. The number of rotatable bonds is 7. The minimum atomic E-state index is 0.398. The van der Waals surface area contributed by atoms with Gasteiger partial charge >= 0.3 is 0 Å². The molecule has 0 saturated heterocycles. The minimum Gasteiger partial charge on any atom is -0.496 e. The molecule has 3 nitrogen and oxygen atoms in total. The van der Waals surface area contributed by atoms with E-state index in [9.17, 15) is 0 Å². The molecule has 1 aromatic rings. The number of methoxy groups -OCH3 is 2. The van der Waals surface area contributed by atoms with E-state index in [1.54, 1.807) is 14.2 Å². The van der Waals surface area contributed by atoms with Crippen molar-refractivity contribution in [2.75, 3.05) is 27.9 Å². The summed E-state index contributed by atoms with van der Waals surface area (Å²) in [7, 11) is 5.41. The molecule has 1 rings (SSSR count). The Kier molecular flexibility index (Phi) is 5.90. The number of benzene rings is 1. The van der Waals surface area contributed by atoms with E-state index in [0.717, 1.165) is 25.2 Å². The molecule has 3 heteroatoms. The van der Waals surface area contributed by atoms with Gasteiger partial charge in [-0.1, -0.05) is 18.2 Å². The van der Waals surface area contributed by atoms with Crippen molar-refractivity contribution in [3.63, 3.8) is 0 Å². The van der Waals surface area contributed by atoms with Gasteiger partial charge in [0.15, 0.2) is 0 Å². The first-order valence-corrected chi connectivity index (χ1v) is 5.60. The Bertz CT molecular complexity index is 302. The molecular formula is C13H21NO2. The van der Waals surface area contributed by atoms with Crippen molar-refractivity contribution >= 4 is 0 Å². The van der Waals surface area contributed by atoms with E-state index < -0.39 is 0 Å². The lowest BCUT2D eigenvalue weighted by Crippen LogP contribution is -2.30. The van der Waals surface area contributed by atoms with Gasteiger partial charge in [-0.3, -0.25) is 0 Å². The number of hydrogen-bond acceptors (Lipinski definition) is 3. The van der Waals surface area contributed by atoms with Gasteiger partial charge < -0.3 is 14.8 Å². The zero-order chi connectivity index (χ0) is 11.8. The van der Waals surface area contributed by atoms with E-state index in [2.05, 4.69) is 11.4 Å². The highest BCUT2D eigenvalue weighted by Crippen LogP contribution is 2.19. The van der Waals surface area contributed by atoms with Crippen LogP contribution in [0.4, 0.5) is 0 Å². The minimum absolute atomic E-state index is 0.398. The first kappa shape index (κ1) is 13.0. The Morgan fingerprint density at radius 3 is 2.62 bits per heavy atom. The third kappa shape index (κ3) is 3.83. The standard InChI is InChI=1S/C13H21NO2/c1-14-12(10-15-2)9-8-11-6-4-5-7-13(11)16-3/h4-7,12,14H,8-10H2,1-3H3. The van der Waals surface area contributed by atoms with Crippen LogP contribution in [0.25, 0.3) is 0 Å². The molecule has 0 saturated carbocycles. The second-order valence-electron chi connectivity index (χ2n) is 3.79. The summed E-state index contributed by atoms with van der Waals surface area (Å²) >= 11 is 0. The predicted octanol–water partition coefficient (Wildman–Crippen LogP) is 1.86. The number of para-hydroxylation sites is 1. The highest BCUT2D eigenvalue weighted by atomic mass is 16.5. The third-order valence-corrected chi connectivity index (χ3v) is 2.73. The van der Waals surface area contributed by atoms with Gasteiger partial charge in [0.25, 0.3) is 0 Å². The maximum absolute atomic E-state index is 5.32. The molecule has 1 N–H and O–H groups in total. The molecular weight excluding hydrogens is 202 g/mol. The Labute approximate surface area is 97.8 Å². The summed E-state index contributed by atoms with van der Waals surface area (Å²) in [4.78, 5) is 0. The van der Waals surface area contributed by atoms with Crippen LogP contribution in [-0.4, -0.2) is 33.9 Å². The lowest BCUT2D eigenvalue weighted by molar-refractivity contribution is 0.166. The second-order valence-corrected chi connectivity index (χ2v) is 3.79. The number of ether oxygens (including phenoxy) is 2. The highest BCUT2D eigenvalue weighted by molar-refractivity contribution is 5.33. The van der Waals surface area contributed by atoms with Crippen molar-refractivity contribution in [3.05, 3.63) is 29.8 Å². The largest absolute Gasteiger partial charge is 0.496 e. The zero-order valence-corrected chi connectivity index (χ0v) is 10.3. The Hall–Kier alpha value is -1.06. The fraction of sp³-hybridized carbons (Fsp3) is 0.538. The molecule has 1 atom stereocenters. The SMILES string of the molecule is CNC(CCc1ccccc1OC)COC. The summed E-state index contributed by atoms with van der Waals surface area (Å²) in [5.74, 6) is 0.967. The molecule has 0 aromatic heterocycles. The van der Waals surface area contributed by atoms with Crippen LogP contribution in [-0.2, 0) is 11.2 Å². The summed E-state index contributed by atoms with van der Waals surface area (Å²) in [6, 6.07) is 8.54. The third-order valence-electron chi connectivity index (χ3n) is 2.73. The molecule has 90 valence electrons. The first-order valence-electron chi connectivity index (χ1n) is 5.60. The topological polar surface area (TPSA) is 30.5 Å². The molecule has 0 aliphatic rings. The molecule has 0 fully saturated rings. The number of aryl methyl sites for hydroxylation is 1. The summed E-state index contributed by atoms with van der Waals surface area (Å²) in [5, 5.41) is 3.24. The number of hydrogen-bond donors (Lipinski definition) is 1. The van der Waals surface area contributed by atoms with E-state index in [-0.39, 0.29) is 0 Å². The van der Waals surface area contributed by atoms with Crippen molar-refractivity contribution in [1.82, 2.24) is 5.32 Å². The van der Waals surface area contributed by atoms with Gasteiger partial charge in [0, 0.05) is 13.2 Å². The van der Waals surface area contributed by atoms with E-state index in [1.165, 1.54) is 5.56 Å². The van der Waals surface area contributed by atoms with E-state index in [4.69, 9.17) is 9.47 Å². The van der Waals surface area contributed by atoms with Crippen LogP contribution in [0.1, 0.15) is 12.0 Å². The molecule has 0 heterocycles. The number of nitrogens with one attached hydrogen (secondary N) is 1. The van der Waals surface area contributed by atoms with Gasteiger partial charge in [-0.25, -0.2) is 0 Å². The fourth-order valence-electron chi connectivity index (χ4n) is 1.75. The molecule has 0 aliphatic heterocycles. The van der Waals surface area contributed by atoms with Crippen LogP contribution in [0, 0.1) is 0 Å². The van der Waals surface area contributed by atoms with Gasteiger partial charge in [0.1, 0.15) is 5.75 Å². The lowest BCUT2D eigenvalue weighted by Gasteiger charge is -2.15. The average molecular weight is 223 g/mol. The van der Waals surface area contributed by atoms with E-state index in [1.807, 2.05) is 25.2 Å². The van der Waals surface area contributed by atoms with Crippen molar-refractivity contribution in [1.29, 1.82) is 0 Å². The van der Waals surface area contributed by atoms with Crippen molar-refractivity contribution in [3.8, 4) is 5.75 Å². The Morgan fingerprint density at radius 2 is 2.00 bits per heavy atom. The van der Waals surface area contributed by atoms with Gasteiger partial charge in [-0.05, 0) is 31.5 Å². The van der Waals surface area contributed by atoms with Crippen LogP contribution in [0.15, 0.2) is 24.3 Å². The molecule has 1 unspecified atom stereocenters. The molecule has 1 aromatic carbocycles. The molecule has 0 spiro atoms. The average Bonchev–Trinajstić information content (AvgIpc) is 2.34. The number of likely N-dealkylation sites (N-methyl/N-ethyl adjacent to an activating group) is 1. The molecule has 0 amide bonds. The summed E-state index contributed by atoms with van der Waals surface area (Å²) in [5.41, 5.74) is 1.25. The van der Waals surface area contributed by atoms with Crippen LogP contribution in [0.3, 0.4) is 0 Å². The van der Waals surface area contributed by atoms with Crippen molar-refractivity contribution in [2.24, 2.45) is 0 Å². The highest BCUT2D eigenvalue weighted by Gasteiger charge is 2.07. The zero-order valence-electron chi connectivity index (χ0n) is 10.3. The van der Waals surface area contributed by atoms with Crippen LogP contribution < -0.4 is 10.1 Å². The predicted molar refractivity (Wildman–Crippen MR) is 66.0 cm³/mol. The molecule has 16 heavy (non-hydrogen) atoms. The van der Waals surface area contributed by atoms with Gasteiger partial charge in [0.05, 0.1) is 13.7 Å². The summed E-state index contributed by atoms with van der Waals surface area (Å²) < 4.78 is 10.5. The van der Waals surface area contributed by atoms with Gasteiger partial charge in [-0.15, -0.1) is 0 Å². The van der Waals surface area contributed by atoms with Gasteiger partial charge in [0.2, 0.25) is 0 Å². The lowest BCUT2D eigenvalue weighted by atomic mass is 10.0. The summed E-state index contributed by atoms with van der Waals surface area (Å²) in [6.45, 7) is 0.742. The van der Waals surface area contributed by atoms with Crippen LogP contribution in [0.2, 0.25) is 0 Å².